The molecular formula is C24H36N2O6. The molecule has 0 spiro atoms. The van der Waals surface area contributed by atoms with E-state index in [9.17, 15) is 4.79 Å². The minimum Gasteiger partial charge on any atom is -0.497 e. The summed E-state index contributed by atoms with van der Waals surface area (Å²) in [6.07, 6.45) is 0.763. The first-order chi connectivity index (χ1) is 15.2. The van der Waals surface area contributed by atoms with Crippen molar-refractivity contribution >= 4 is 6.03 Å². The van der Waals surface area contributed by atoms with Crippen molar-refractivity contribution in [2.24, 2.45) is 5.92 Å². The molecule has 8 heteroatoms. The molecular weight excluding hydrogens is 412 g/mol. The van der Waals surface area contributed by atoms with Gasteiger partial charge in [-0.25, -0.2) is 4.79 Å². The van der Waals surface area contributed by atoms with Crippen molar-refractivity contribution in [3.63, 3.8) is 0 Å². The van der Waals surface area contributed by atoms with Crippen LogP contribution in [0, 0.1) is 5.92 Å². The summed E-state index contributed by atoms with van der Waals surface area (Å²) in [5.74, 6) is 0.614. The molecule has 4 rings (SSSR count). The lowest BCUT2D eigenvalue weighted by Gasteiger charge is -2.31. The molecule has 1 aromatic rings. The van der Waals surface area contributed by atoms with Crippen LogP contribution in [0.1, 0.15) is 46.1 Å². The Kier molecular flexibility index (Phi) is 6.95. The maximum Gasteiger partial charge on any atom is 0.317 e. The van der Waals surface area contributed by atoms with Gasteiger partial charge in [0.1, 0.15) is 24.1 Å². The Balaban J connectivity index is 1.47. The second kappa shape index (κ2) is 9.55. The highest BCUT2D eigenvalue weighted by Gasteiger charge is 2.55. The minimum absolute atomic E-state index is 0.0683. The van der Waals surface area contributed by atoms with Gasteiger partial charge in [0, 0.05) is 12.6 Å². The molecule has 3 fully saturated rings. The largest absolute Gasteiger partial charge is 0.497 e. The van der Waals surface area contributed by atoms with E-state index in [1.165, 1.54) is 12.8 Å². The second-order valence-electron chi connectivity index (χ2n) is 9.72. The topological polar surface area (TPSA) is 78.5 Å². The van der Waals surface area contributed by atoms with E-state index < -0.39 is 12.1 Å². The first-order valence-corrected chi connectivity index (χ1v) is 11.5. The van der Waals surface area contributed by atoms with Crippen LogP contribution >= 0.6 is 0 Å². The number of benzene rings is 1. The molecule has 8 nitrogen and oxygen atoms in total. The number of nitrogens with zero attached hydrogens (tertiary/aromatic N) is 1. The zero-order valence-electron chi connectivity index (χ0n) is 19.7. The quantitative estimate of drug-likeness (QED) is 0.625. The standard InChI is InChI=1S/C24H36N2O6/c1-15(2)25-23(27)26(12-16-9-10-16)13-19-20(21-22(30-19)32-24(3,4)31-21)29-14-17-7-6-8-18(11-17)28-5/h6-8,11,15-16,19-22H,9-10,12-14H2,1-5H3,(H,25,27). The van der Waals surface area contributed by atoms with Crippen LogP contribution in [0.3, 0.4) is 0 Å². The highest BCUT2D eigenvalue weighted by molar-refractivity contribution is 5.74. The number of urea groups is 1. The average molecular weight is 449 g/mol. The predicted octanol–water partition coefficient (Wildman–Crippen LogP) is 3.29. The van der Waals surface area contributed by atoms with Gasteiger partial charge in [-0.1, -0.05) is 12.1 Å². The zero-order valence-corrected chi connectivity index (χ0v) is 19.7. The smallest absolute Gasteiger partial charge is 0.317 e. The SMILES string of the molecule is COc1cccc(COC2C(CN(CC3CC3)C(=O)NC(C)C)OC3OC(C)(C)OC32)c1. The van der Waals surface area contributed by atoms with Crippen molar-refractivity contribution in [1.29, 1.82) is 0 Å². The number of fused-ring (bicyclic) bond motifs is 1. The van der Waals surface area contributed by atoms with E-state index in [1.807, 2.05) is 56.9 Å². The zero-order chi connectivity index (χ0) is 22.9. The van der Waals surface area contributed by atoms with Gasteiger partial charge in [0.2, 0.25) is 0 Å². The molecule has 1 aromatic carbocycles. The lowest BCUT2D eigenvalue weighted by molar-refractivity contribution is -0.220. The summed E-state index contributed by atoms with van der Waals surface area (Å²) in [5, 5.41) is 3.01. The van der Waals surface area contributed by atoms with Crippen molar-refractivity contribution in [3.05, 3.63) is 29.8 Å². The summed E-state index contributed by atoms with van der Waals surface area (Å²) in [5.41, 5.74) is 0.997. The van der Waals surface area contributed by atoms with Crippen LogP contribution in [0.2, 0.25) is 0 Å². The average Bonchev–Trinajstić information content (AvgIpc) is 3.42. The second-order valence-corrected chi connectivity index (χ2v) is 9.72. The van der Waals surface area contributed by atoms with Crippen LogP contribution in [-0.2, 0) is 25.6 Å². The molecule has 178 valence electrons. The van der Waals surface area contributed by atoms with E-state index in [0.717, 1.165) is 17.9 Å². The van der Waals surface area contributed by atoms with Gasteiger partial charge in [0.15, 0.2) is 12.1 Å². The third-order valence-electron chi connectivity index (χ3n) is 5.94. The van der Waals surface area contributed by atoms with Crippen LogP contribution < -0.4 is 10.1 Å². The maximum absolute atomic E-state index is 12.9. The predicted molar refractivity (Wildman–Crippen MR) is 118 cm³/mol. The number of nitrogens with one attached hydrogen (secondary N) is 1. The first kappa shape index (κ1) is 23.3. The molecule has 4 unspecified atom stereocenters. The Hall–Kier alpha value is -1.87. The Morgan fingerprint density at radius 3 is 2.72 bits per heavy atom. The van der Waals surface area contributed by atoms with Gasteiger partial charge in [0.05, 0.1) is 20.3 Å². The summed E-state index contributed by atoms with van der Waals surface area (Å²) in [7, 11) is 1.65. The van der Waals surface area contributed by atoms with Gasteiger partial charge in [-0.15, -0.1) is 0 Å². The molecule has 32 heavy (non-hydrogen) atoms. The van der Waals surface area contributed by atoms with Crippen molar-refractivity contribution in [1.82, 2.24) is 10.2 Å². The monoisotopic (exact) mass is 448 g/mol. The van der Waals surface area contributed by atoms with E-state index in [-0.39, 0.29) is 30.4 Å². The number of ether oxygens (including phenoxy) is 5. The van der Waals surface area contributed by atoms with Gasteiger partial charge >= 0.3 is 6.03 Å². The number of hydrogen-bond acceptors (Lipinski definition) is 6. The number of rotatable bonds is 9. The molecule has 0 aromatic heterocycles. The Morgan fingerprint density at radius 2 is 2.03 bits per heavy atom. The van der Waals surface area contributed by atoms with Gasteiger partial charge in [-0.2, -0.15) is 0 Å². The van der Waals surface area contributed by atoms with Crippen LogP contribution in [-0.4, -0.2) is 67.6 Å². The van der Waals surface area contributed by atoms with Gasteiger partial charge in [-0.05, 0) is 64.2 Å². The van der Waals surface area contributed by atoms with Crippen molar-refractivity contribution < 1.29 is 28.5 Å². The van der Waals surface area contributed by atoms with Gasteiger partial charge in [0.25, 0.3) is 0 Å². The fraction of sp³-hybridized carbons (Fsp3) is 0.708. The fourth-order valence-corrected chi connectivity index (χ4v) is 4.26. The van der Waals surface area contributed by atoms with Crippen LogP contribution in [0.15, 0.2) is 24.3 Å². The van der Waals surface area contributed by atoms with Crippen molar-refractivity contribution in [2.75, 3.05) is 20.2 Å². The van der Waals surface area contributed by atoms with Crippen LogP contribution in [0.25, 0.3) is 0 Å². The highest BCUT2D eigenvalue weighted by Crippen LogP contribution is 2.40. The molecule has 3 aliphatic rings. The summed E-state index contributed by atoms with van der Waals surface area (Å²) in [6, 6.07) is 7.79. The molecule has 1 aliphatic carbocycles. The molecule has 2 heterocycles. The number of methoxy groups -OCH3 is 1. The third-order valence-corrected chi connectivity index (χ3v) is 5.94. The molecule has 4 atom stereocenters. The highest BCUT2D eigenvalue weighted by atomic mass is 16.8. The normalized spacial score (nSPS) is 28.6. The molecule has 2 amide bonds. The number of carbonyl (C=O) groups excluding carboxylic acids is 1. The lowest BCUT2D eigenvalue weighted by Crippen LogP contribution is -2.50. The molecule has 1 saturated carbocycles. The fourth-order valence-electron chi connectivity index (χ4n) is 4.26. The van der Waals surface area contributed by atoms with E-state index in [0.29, 0.717) is 19.1 Å². The van der Waals surface area contributed by atoms with E-state index in [2.05, 4.69) is 5.32 Å². The molecule has 0 bridgehead atoms. The van der Waals surface area contributed by atoms with Gasteiger partial charge in [-0.3, -0.25) is 0 Å². The van der Waals surface area contributed by atoms with Crippen molar-refractivity contribution in [2.45, 2.75) is 83.6 Å². The summed E-state index contributed by atoms with van der Waals surface area (Å²) in [4.78, 5) is 14.7. The first-order valence-electron chi connectivity index (χ1n) is 11.5. The Morgan fingerprint density at radius 1 is 1.25 bits per heavy atom. The number of carbonyl (C=O) groups is 1. The minimum atomic E-state index is -0.736. The lowest BCUT2D eigenvalue weighted by atomic mass is 10.1. The van der Waals surface area contributed by atoms with Crippen LogP contribution in [0.4, 0.5) is 4.79 Å². The van der Waals surface area contributed by atoms with E-state index >= 15 is 0 Å². The Bertz CT molecular complexity index is 796. The molecule has 2 aliphatic heterocycles. The molecule has 0 radical (unpaired) electrons. The molecule has 1 N–H and O–H groups in total. The van der Waals surface area contributed by atoms with E-state index in [4.69, 9.17) is 23.7 Å². The number of amides is 2. The third kappa shape index (κ3) is 5.73. The number of hydrogen-bond donors (Lipinski definition) is 1. The Labute approximate surface area is 190 Å². The van der Waals surface area contributed by atoms with Gasteiger partial charge < -0.3 is 33.9 Å². The summed E-state index contributed by atoms with van der Waals surface area (Å²) in [6.45, 7) is 9.22. The van der Waals surface area contributed by atoms with E-state index in [1.54, 1.807) is 7.11 Å². The molecule has 2 saturated heterocycles. The summed E-state index contributed by atoms with van der Waals surface area (Å²) < 4.78 is 30.0. The summed E-state index contributed by atoms with van der Waals surface area (Å²) >= 11 is 0. The van der Waals surface area contributed by atoms with Crippen LogP contribution in [0.5, 0.6) is 5.75 Å². The van der Waals surface area contributed by atoms with Crippen molar-refractivity contribution in [3.8, 4) is 5.75 Å². The maximum atomic E-state index is 12.9.